The summed E-state index contributed by atoms with van der Waals surface area (Å²) in [7, 11) is 0. The van der Waals surface area contributed by atoms with Crippen molar-refractivity contribution in [3.63, 3.8) is 0 Å². The van der Waals surface area contributed by atoms with Crippen molar-refractivity contribution in [3.8, 4) is 11.3 Å². The highest BCUT2D eigenvalue weighted by Gasteiger charge is 2.35. The molecule has 2 aromatic rings. The second-order valence-electron chi connectivity index (χ2n) is 5.98. The van der Waals surface area contributed by atoms with E-state index in [1.165, 1.54) is 12.1 Å². The number of pyridine rings is 1. The Kier molecular flexibility index (Phi) is 4.76. The molecule has 1 amide bonds. The molecule has 0 radical (unpaired) electrons. The normalized spacial score (nSPS) is 15.0. The second kappa shape index (κ2) is 6.84. The number of likely N-dealkylation sites (tertiary alicyclic amines) is 1. The molecule has 25 heavy (non-hydrogen) atoms. The van der Waals surface area contributed by atoms with E-state index in [0.717, 1.165) is 18.5 Å². The summed E-state index contributed by atoms with van der Waals surface area (Å²) in [4.78, 5) is 17.1. The van der Waals surface area contributed by atoms with Crippen LogP contribution in [-0.2, 0) is 24.1 Å². The molecule has 1 aliphatic heterocycles. The van der Waals surface area contributed by atoms with Crippen molar-refractivity contribution in [1.29, 1.82) is 0 Å². The Morgan fingerprint density at radius 1 is 1.12 bits per heavy atom. The van der Waals surface area contributed by atoms with E-state index in [1.807, 2.05) is 0 Å². The van der Waals surface area contributed by atoms with Gasteiger partial charge in [0.2, 0.25) is 5.91 Å². The third-order valence-electron chi connectivity index (χ3n) is 4.21. The molecule has 1 aliphatic rings. The molecule has 0 atom stereocenters. The van der Waals surface area contributed by atoms with Crippen LogP contribution >= 0.6 is 0 Å². The van der Waals surface area contributed by atoms with Gasteiger partial charge < -0.3 is 10.0 Å². The van der Waals surface area contributed by atoms with Crippen molar-refractivity contribution in [3.05, 3.63) is 53.2 Å². The smallest absolute Gasteiger partial charge is 0.392 e. The molecular formula is C18H17F3N2O2. The number of nitrogens with zero attached hydrogens (tertiary/aromatic N) is 2. The van der Waals surface area contributed by atoms with Gasteiger partial charge in [-0.05, 0) is 18.1 Å². The number of aliphatic hydroxyl groups is 1. The molecule has 4 nitrogen and oxygen atoms in total. The van der Waals surface area contributed by atoms with E-state index < -0.39 is 18.5 Å². The maximum Gasteiger partial charge on any atom is 0.433 e. The summed E-state index contributed by atoms with van der Waals surface area (Å²) in [5.41, 5.74) is 0.335. The fourth-order valence-corrected chi connectivity index (χ4v) is 2.89. The number of hydrogen-bond donors (Lipinski definition) is 1. The summed E-state index contributed by atoms with van der Waals surface area (Å²) in [5.74, 6) is 0.125. The molecule has 132 valence electrons. The predicted molar refractivity (Wildman–Crippen MR) is 85.2 cm³/mol. The van der Waals surface area contributed by atoms with Crippen LogP contribution in [0.25, 0.3) is 11.3 Å². The highest BCUT2D eigenvalue weighted by molar-refractivity contribution is 5.78. The van der Waals surface area contributed by atoms with Gasteiger partial charge in [-0.3, -0.25) is 4.79 Å². The fraction of sp³-hybridized carbons (Fsp3) is 0.333. The van der Waals surface area contributed by atoms with Crippen molar-refractivity contribution >= 4 is 5.91 Å². The van der Waals surface area contributed by atoms with Crippen LogP contribution in [0.3, 0.4) is 0 Å². The van der Waals surface area contributed by atoms with Crippen LogP contribution in [0.4, 0.5) is 13.2 Å². The Labute approximate surface area is 142 Å². The van der Waals surface area contributed by atoms with Gasteiger partial charge in [-0.1, -0.05) is 30.3 Å². The molecule has 1 saturated heterocycles. The first kappa shape index (κ1) is 17.4. The number of carbonyl (C=O) groups excluding carboxylic acids is 1. The van der Waals surface area contributed by atoms with E-state index >= 15 is 0 Å². The zero-order valence-corrected chi connectivity index (χ0v) is 13.4. The summed E-state index contributed by atoms with van der Waals surface area (Å²) < 4.78 is 39.1. The van der Waals surface area contributed by atoms with Crippen molar-refractivity contribution in [2.45, 2.75) is 32.2 Å². The zero-order valence-electron chi connectivity index (χ0n) is 13.4. The molecule has 0 bridgehead atoms. The Morgan fingerprint density at radius 3 is 2.40 bits per heavy atom. The quantitative estimate of drug-likeness (QED) is 0.920. The van der Waals surface area contributed by atoms with E-state index in [1.54, 1.807) is 29.2 Å². The Bertz CT molecular complexity index is 773. The van der Waals surface area contributed by atoms with Crippen molar-refractivity contribution in [2.75, 3.05) is 6.54 Å². The van der Waals surface area contributed by atoms with E-state index in [9.17, 15) is 18.0 Å². The minimum Gasteiger partial charge on any atom is -0.392 e. The number of carbonyl (C=O) groups is 1. The third-order valence-corrected chi connectivity index (χ3v) is 4.21. The summed E-state index contributed by atoms with van der Waals surface area (Å²) in [6.07, 6.45) is -3.19. The van der Waals surface area contributed by atoms with Crippen LogP contribution in [0, 0.1) is 0 Å². The standard InChI is InChI=1S/C18H17F3N2O2/c19-18(20,21)17-14(11-24)7-8-15(22-17)13-5-3-12(4-6-13)10-23-9-1-2-16(23)25/h3-8,24H,1-2,9-11H2. The molecule has 0 saturated carbocycles. The molecule has 1 aromatic carbocycles. The average molecular weight is 350 g/mol. The molecule has 3 rings (SSSR count). The van der Waals surface area contributed by atoms with E-state index in [-0.39, 0.29) is 17.2 Å². The molecule has 0 unspecified atom stereocenters. The van der Waals surface area contributed by atoms with E-state index in [2.05, 4.69) is 4.98 Å². The third kappa shape index (κ3) is 3.82. The fourth-order valence-electron chi connectivity index (χ4n) is 2.89. The van der Waals surface area contributed by atoms with Gasteiger partial charge in [0.25, 0.3) is 0 Å². The summed E-state index contributed by atoms with van der Waals surface area (Å²) in [6.45, 7) is 0.522. The molecule has 1 aromatic heterocycles. The van der Waals surface area contributed by atoms with Crippen LogP contribution in [-0.4, -0.2) is 27.4 Å². The maximum atomic E-state index is 13.0. The number of hydrogen-bond acceptors (Lipinski definition) is 3. The van der Waals surface area contributed by atoms with Crippen LogP contribution in [0.2, 0.25) is 0 Å². The minimum atomic E-state index is -4.62. The van der Waals surface area contributed by atoms with E-state index in [4.69, 9.17) is 5.11 Å². The molecular weight excluding hydrogens is 333 g/mol. The van der Waals surface area contributed by atoms with Crippen LogP contribution in [0.15, 0.2) is 36.4 Å². The first-order valence-corrected chi connectivity index (χ1v) is 7.93. The first-order valence-electron chi connectivity index (χ1n) is 7.93. The Balaban J connectivity index is 1.83. The molecule has 7 heteroatoms. The SMILES string of the molecule is O=C1CCCN1Cc1ccc(-c2ccc(CO)c(C(F)(F)F)n2)cc1. The van der Waals surface area contributed by atoms with Gasteiger partial charge in [-0.25, -0.2) is 4.98 Å². The minimum absolute atomic E-state index is 0.125. The topological polar surface area (TPSA) is 53.4 Å². The van der Waals surface area contributed by atoms with Crippen LogP contribution in [0.5, 0.6) is 0 Å². The number of aromatic nitrogens is 1. The lowest BCUT2D eigenvalue weighted by molar-refractivity contribution is -0.142. The number of alkyl halides is 3. The van der Waals surface area contributed by atoms with Gasteiger partial charge in [0, 0.05) is 30.6 Å². The van der Waals surface area contributed by atoms with Crippen LogP contribution in [0.1, 0.15) is 29.7 Å². The lowest BCUT2D eigenvalue weighted by Crippen LogP contribution is -2.23. The maximum absolute atomic E-state index is 13.0. The molecule has 1 fully saturated rings. The van der Waals surface area contributed by atoms with Crippen molar-refractivity contribution in [1.82, 2.24) is 9.88 Å². The number of rotatable bonds is 4. The predicted octanol–water partition coefficient (Wildman–Crippen LogP) is 3.38. The lowest BCUT2D eigenvalue weighted by atomic mass is 10.1. The number of benzene rings is 1. The zero-order chi connectivity index (χ0) is 18.0. The van der Waals surface area contributed by atoms with Crippen molar-refractivity contribution in [2.24, 2.45) is 0 Å². The first-order chi connectivity index (χ1) is 11.9. The monoisotopic (exact) mass is 350 g/mol. The number of halogens is 3. The van der Waals surface area contributed by atoms with Gasteiger partial charge in [0.15, 0.2) is 5.69 Å². The summed E-state index contributed by atoms with van der Waals surface area (Å²) >= 11 is 0. The largest absolute Gasteiger partial charge is 0.433 e. The van der Waals surface area contributed by atoms with Crippen LogP contribution < -0.4 is 0 Å². The van der Waals surface area contributed by atoms with Gasteiger partial charge in [-0.2, -0.15) is 13.2 Å². The summed E-state index contributed by atoms with van der Waals surface area (Å²) in [6, 6.07) is 9.65. The highest BCUT2D eigenvalue weighted by atomic mass is 19.4. The summed E-state index contributed by atoms with van der Waals surface area (Å²) in [5, 5.41) is 9.06. The van der Waals surface area contributed by atoms with Gasteiger partial charge in [-0.15, -0.1) is 0 Å². The molecule has 2 heterocycles. The van der Waals surface area contributed by atoms with Gasteiger partial charge in [0.1, 0.15) is 0 Å². The highest BCUT2D eigenvalue weighted by Crippen LogP contribution is 2.32. The molecule has 0 spiro atoms. The Hall–Kier alpha value is -2.41. The Morgan fingerprint density at radius 2 is 1.84 bits per heavy atom. The second-order valence-corrected chi connectivity index (χ2v) is 5.98. The number of aliphatic hydroxyl groups excluding tert-OH is 1. The van der Waals surface area contributed by atoms with E-state index in [0.29, 0.717) is 18.5 Å². The van der Waals surface area contributed by atoms with Gasteiger partial charge in [0.05, 0.1) is 12.3 Å². The lowest BCUT2D eigenvalue weighted by Gasteiger charge is -2.16. The molecule has 0 aliphatic carbocycles. The number of amides is 1. The average Bonchev–Trinajstić information content (AvgIpc) is 2.99. The molecule has 1 N–H and O–H groups in total. The van der Waals surface area contributed by atoms with Crippen molar-refractivity contribution < 1.29 is 23.1 Å². The van der Waals surface area contributed by atoms with Gasteiger partial charge >= 0.3 is 6.18 Å².